The van der Waals surface area contributed by atoms with E-state index in [9.17, 15) is 9.59 Å². The van der Waals surface area contributed by atoms with Crippen molar-refractivity contribution in [2.45, 2.75) is 31.8 Å². The first-order valence-electron chi connectivity index (χ1n) is 10.2. The van der Waals surface area contributed by atoms with E-state index in [-0.39, 0.29) is 24.3 Å². The third-order valence-corrected chi connectivity index (χ3v) is 5.19. The van der Waals surface area contributed by atoms with Crippen molar-refractivity contribution >= 4 is 11.8 Å². The molecule has 8 heteroatoms. The van der Waals surface area contributed by atoms with Gasteiger partial charge in [0.15, 0.2) is 0 Å². The van der Waals surface area contributed by atoms with Gasteiger partial charge in [-0.15, -0.1) is 0 Å². The molecular weight excluding hydrogens is 362 g/mol. The van der Waals surface area contributed by atoms with Crippen molar-refractivity contribution in [2.24, 2.45) is 0 Å². The first-order valence-corrected chi connectivity index (χ1v) is 10.2. The molecular formula is C20H31N3O5. The second kappa shape index (κ2) is 11.2. The number of hydrogen-bond donors (Lipinski definition) is 1. The second-order valence-electron chi connectivity index (χ2n) is 7.31. The Morgan fingerprint density at radius 1 is 1.25 bits per heavy atom. The van der Waals surface area contributed by atoms with E-state index >= 15 is 0 Å². The second-order valence-corrected chi connectivity index (χ2v) is 7.31. The summed E-state index contributed by atoms with van der Waals surface area (Å²) in [5, 5.41) is 2.96. The molecule has 8 nitrogen and oxygen atoms in total. The van der Waals surface area contributed by atoms with E-state index in [0.717, 1.165) is 58.7 Å². The van der Waals surface area contributed by atoms with Gasteiger partial charge in [0.2, 0.25) is 5.91 Å². The summed E-state index contributed by atoms with van der Waals surface area (Å²) in [4.78, 5) is 29.0. The number of carbonyl (C=O) groups excluding carboxylic acids is 2. The van der Waals surface area contributed by atoms with Crippen LogP contribution in [0.1, 0.15) is 36.0 Å². The van der Waals surface area contributed by atoms with Gasteiger partial charge in [-0.1, -0.05) is 0 Å². The van der Waals surface area contributed by atoms with Crippen LogP contribution in [-0.4, -0.2) is 86.8 Å². The van der Waals surface area contributed by atoms with Gasteiger partial charge < -0.3 is 24.1 Å². The summed E-state index contributed by atoms with van der Waals surface area (Å²) in [5.74, 6) is -0.149. The number of ether oxygens (including phenoxy) is 2. The molecule has 1 N–H and O–H groups in total. The molecule has 28 heavy (non-hydrogen) atoms. The maximum atomic E-state index is 12.7. The van der Waals surface area contributed by atoms with Gasteiger partial charge in [-0.25, -0.2) is 0 Å². The molecule has 0 radical (unpaired) electrons. The zero-order chi connectivity index (χ0) is 19.6. The zero-order valence-corrected chi connectivity index (χ0v) is 16.4. The van der Waals surface area contributed by atoms with Crippen LogP contribution in [0.25, 0.3) is 0 Å². The minimum absolute atomic E-state index is 0.0284. The summed E-state index contributed by atoms with van der Waals surface area (Å²) in [5.41, 5.74) is 0.504. The van der Waals surface area contributed by atoms with Gasteiger partial charge in [0, 0.05) is 45.8 Å². The van der Waals surface area contributed by atoms with E-state index in [0.29, 0.717) is 25.2 Å². The number of hydrogen-bond acceptors (Lipinski definition) is 6. The Morgan fingerprint density at radius 3 is 2.82 bits per heavy atom. The largest absolute Gasteiger partial charge is 0.472 e. The Bertz CT molecular complexity index is 595. The van der Waals surface area contributed by atoms with E-state index in [4.69, 9.17) is 13.9 Å². The van der Waals surface area contributed by atoms with Crippen molar-refractivity contribution in [3.05, 3.63) is 24.2 Å². The normalized spacial score (nSPS) is 20.2. The van der Waals surface area contributed by atoms with Crippen molar-refractivity contribution in [2.75, 3.05) is 59.1 Å². The topological polar surface area (TPSA) is 84.2 Å². The maximum Gasteiger partial charge on any atom is 0.257 e. The zero-order valence-electron chi connectivity index (χ0n) is 16.4. The molecule has 1 unspecified atom stereocenters. The molecule has 2 saturated heterocycles. The summed E-state index contributed by atoms with van der Waals surface area (Å²) >= 11 is 0. The lowest BCUT2D eigenvalue weighted by molar-refractivity contribution is -0.121. The van der Waals surface area contributed by atoms with Gasteiger partial charge in [-0.3, -0.25) is 14.5 Å². The minimum Gasteiger partial charge on any atom is -0.472 e. The lowest BCUT2D eigenvalue weighted by atomic mass is 10.2. The van der Waals surface area contributed by atoms with Crippen LogP contribution in [0.3, 0.4) is 0 Å². The molecule has 0 aromatic carbocycles. The Morgan fingerprint density at radius 2 is 2.11 bits per heavy atom. The molecule has 156 valence electrons. The van der Waals surface area contributed by atoms with Crippen LogP contribution in [0.5, 0.6) is 0 Å². The standard InChI is InChI=1S/C20H31N3O5/c24-19(21-6-2-7-22-9-13-26-14-10-22)4-8-23(15-18-3-1-11-28-18)20(25)17-5-12-27-16-17/h5,12,16,18H,1-4,6-11,13-15H2,(H,21,24). The SMILES string of the molecule is O=C(CCN(CC1CCCO1)C(=O)c1ccoc1)NCCCN1CCOCC1. The highest BCUT2D eigenvalue weighted by atomic mass is 16.5. The smallest absolute Gasteiger partial charge is 0.257 e. The summed E-state index contributed by atoms with van der Waals surface area (Å²) in [6.07, 6.45) is 6.14. The molecule has 1 aromatic heterocycles. The molecule has 1 aromatic rings. The van der Waals surface area contributed by atoms with E-state index in [1.807, 2.05) is 0 Å². The molecule has 0 bridgehead atoms. The average molecular weight is 393 g/mol. The van der Waals surface area contributed by atoms with Crippen molar-refractivity contribution in [1.29, 1.82) is 0 Å². The van der Waals surface area contributed by atoms with Gasteiger partial charge in [0.05, 0.1) is 31.1 Å². The number of nitrogens with zero attached hydrogens (tertiary/aromatic N) is 2. The first-order chi connectivity index (χ1) is 13.7. The van der Waals surface area contributed by atoms with Crippen LogP contribution in [0, 0.1) is 0 Å². The average Bonchev–Trinajstić information content (AvgIpc) is 3.43. The van der Waals surface area contributed by atoms with Gasteiger partial charge in [0.1, 0.15) is 6.26 Å². The number of rotatable bonds is 10. The fraction of sp³-hybridized carbons (Fsp3) is 0.700. The maximum absolute atomic E-state index is 12.7. The van der Waals surface area contributed by atoms with Crippen LogP contribution in [0.4, 0.5) is 0 Å². The Hall–Kier alpha value is -1.90. The Balaban J connectivity index is 1.39. The fourth-order valence-electron chi connectivity index (χ4n) is 3.56. The van der Waals surface area contributed by atoms with E-state index in [2.05, 4.69) is 10.2 Å². The van der Waals surface area contributed by atoms with E-state index in [1.165, 1.54) is 12.5 Å². The molecule has 3 rings (SSSR count). The number of nitrogens with one attached hydrogen (secondary N) is 1. The predicted octanol–water partition coefficient (Wildman–Crippen LogP) is 1.13. The lowest BCUT2D eigenvalue weighted by Crippen LogP contribution is -2.40. The van der Waals surface area contributed by atoms with Crippen molar-refractivity contribution in [1.82, 2.24) is 15.1 Å². The quantitative estimate of drug-likeness (QED) is 0.600. The molecule has 1 atom stereocenters. The van der Waals surface area contributed by atoms with E-state index in [1.54, 1.807) is 11.0 Å². The first kappa shape index (κ1) is 20.8. The predicted molar refractivity (Wildman–Crippen MR) is 103 cm³/mol. The van der Waals surface area contributed by atoms with Crippen LogP contribution < -0.4 is 5.32 Å². The molecule has 0 saturated carbocycles. The highest BCUT2D eigenvalue weighted by Gasteiger charge is 2.24. The van der Waals surface area contributed by atoms with Crippen molar-refractivity contribution in [3.63, 3.8) is 0 Å². The molecule has 0 aliphatic carbocycles. The third kappa shape index (κ3) is 6.61. The fourth-order valence-corrected chi connectivity index (χ4v) is 3.56. The Labute approximate surface area is 166 Å². The number of amides is 2. The summed E-state index contributed by atoms with van der Waals surface area (Å²) in [6.45, 7) is 6.74. The van der Waals surface area contributed by atoms with Crippen LogP contribution in [0.2, 0.25) is 0 Å². The molecule has 2 aliphatic heterocycles. The number of morpholine rings is 1. The molecule has 0 spiro atoms. The summed E-state index contributed by atoms with van der Waals surface area (Å²) in [7, 11) is 0. The van der Waals surface area contributed by atoms with Crippen LogP contribution in [-0.2, 0) is 14.3 Å². The monoisotopic (exact) mass is 393 g/mol. The van der Waals surface area contributed by atoms with Crippen LogP contribution >= 0.6 is 0 Å². The van der Waals surface area contributed by atoms with E-state index < -0.39 is 0 Å². The molecule has 2 aliphatic rings. The highest BCUT2D eigenvalue weighted by molar-refractivity contribution is 5.94. The summed E-state index contributed by atoms with van der Waals surface area (Å²) < 4.78 is 16.0. The van der Waals surface area contributed by atoms with Gasteiger partial charge in [-0.05, 0) is 31.9 Å². The van der Waals surface area contributed by atoms with Gasteiger partial charge in [-0.2, -0.15) is 0 Å². The van der Waals surface area contributed by atoms with Crippen LogP contribution in [0.15, 0.2) is 23.0 Å². The molecule has 2 fully saturated rings. The Kier molecular flexibility index (Phi) is 8.32. The summed E-state index contributed by atoms with van der Waals surface area (Å²) in [6, 6.07) is 1.65. The van der Waals surface area contributed by atoms with Crippen molar-refractivity contribution in [3.8, 4) is 0 Å². The number of carbonyl (C=O) groups is 2. The van der Waals surface area contributed by atoms with Gasteiger partial charge in [0.25, 0.3) is 5.91 Å². The lowest BCUT2D eigenvalue weighted by Gasteiger charge is -2.26. The van der Waals surface area contributed by atoms with Gasteiger partial charge >= 0.3 is 0 Å². The highest BCUT2D eigenvalue weighted by Crippen LogP contribution is 2.15. The number of furan rings is 1. The third-order valence-electron chi connectivity index (χ3n) is 5.19. The van der Waals surface area contributed by atoms with Crippen molar-refractivity contribution < 1.29 is 23.5 Å². The molecule has 2 amide bonds. The molecule has 3 heterocycles. The minimum atomic E-state index is -0.121.